The highest BCUT2D eigenvalue weighted by molar-refractivity contribution is 5.89. The molecule has 0 saturated carbocycles. The predicted octanol–water partition coefficient (Wildman–Crippen LogP) is 0.274. The fraction of sp³-hybridized carbons (Fsp3) is 0.500. The summed E-state index contributed by atoms with van der Waals surface area (Å²) in [5.74, 6) is 0.264. The normalized spacial score (nSPS) is 10.8. The summed E-state index contributed by atoms with van der Waals surface area (Å²) in [6, 6.07) is -0.451. The Morgan fingerprint density at radius 3 is 3.10 bits per heavy atom. The molecule has 0 spiro atoms. The molecule has 0 bridgehead atoms. The largest absolute Gasteiger partial charge is 0.382 e. The van der Waals surface area contributed by atoms with Gasteiger partial charge in [0, 0.05) is 19.8 Å². The third-order valence-electron chi connectivity index (χ3n) is 2.81. The van der Waals surface area contributed by atoms with E-state index in [0.29, 0.717) is 31.9 Å². The number of aromatic amines is 1. The number of aromatic nitrogens is 4. The molecule has 2 rings (SSSR count). The Kier molecular flexibility index (Phi) is 4.88. The van der Waals surface area contributed by atoms with Crippen molar-refractivity contribution in [3.8, 4) is 0 Å². The van der Waals surface area contributed by atoms with Crippen LogP contribution < -0.4 is 16.2 Å². The zero-order valence-electron chi connectivity index (χ0n) is 12.0. The van der Waals surface area contributed by atoms with E-state index >= 15 is 0 Å². The minimum absolute atomic E-state index is 0.124. The van der Waals surface area contributed by atoms with Gasteiger partial charge < -0.3 is 15.4 Å². The van der Waals surface area contributed by atoms with Gasteiger partial charge in [0.25, 0.3) is 11.3 Å². The first-order chi connectivity index (χ1) is 10.1. The van der Waals surface area contributed by atoms with Crippen molar-refractivity contribution in [2.24, 2.45) is 0 Å². The zero-order chi connectivity index (χ0) is 15.2. The van der Waals surface area contributed by atoms with E-state index in [1.54, 1.807) is 6.92 Å². The molecular formula is C12H18N6O3. The molecule has 2 heterocycles. The Morgan fingerprint density at radius 1 is 1.52 bits per heavy atom. The van der Waals surface area contributed by atoms with Gasteiger partial charge in [0.1, 0.15) is 12.0 Å². The molecule has 0 radical (unpaired) electrons. The van der Waals surface area contributed by atoms with Crippen LogP contribution in [0.1, 0.15) is 19.0 Å². The van der Waals surface area contributed by atoms with Crippen LogP contribution in [0.3, 0.4) is 0 Å². The van der Waals surface area contributed by atoms with Crippen molar-refractivity contribution in [3.63, 3.8) is 0 Å². The Balaban J connectivity index is 1.99. The second-order valence-electron chi connectivity index (χ2n) is 4.33. The summed E-state index contributed by atoms with van der Waals surface area (Å²) in [6.45, 7) is 5.25. The molecule has 0 unspecified atom stereocenters. The van der Waals surface area contributed by atoms with Crippen molar-refractivity contribution in [1.82, 2.24) is 24.9 Å². The van der Waals surface area contributed by atoms with E-state index in [-0.39, 0.29) is 11.5 Å². The van der Waals surface area contributed by atoms with E-state index < -0.39 is 11.6 Å². The minimum atomic E-state index is -0.451. The Hall–Kier alpha value is -2.42. The maximum Gasteiger partial charge on any atom is 0.319 e. The first kappa shape index (κ1) is 15.0. The van der Waals surface area contributed by atoms with E-state index in [1.807, 2.05) is 6.92 Å². The van der Waals surface area contributed by atoms with Gasteiger partial charge in [0.05, 0.1) is 5.69 Å². The van der Waals surface area contributed by atoms with Crippen LogP contribution in [-0.2, 0) is 4.74 Å². The number of carbonyl (C=O) groups is 1. The number of ether oxygens (including phenoxy) is 1. The summed E-state index contributed by atoms with van der Waals surface area (Å²) < 4.78 is 6.33. The standard InChI is InChI=1S/C12H18N6O3/c1-3-21-6-4-5-13-12(20)17-9-8(2)16-11-14-7-15-18(11)10(9)19/h7H,3-6H2,1-2H3,(H2,13,17,20)(H,14,15,16). The Bertz CT molecular complexity index is 677. The van der Waals surface area contributed by atoms with Crippen LogP contribution in [0.5, 0.6) is 0 Å². The van der Waals surface area contributed by atoms with Gasteiger partial charge in [0.2, 0.25) is 0 Å². The monoisotopic (exact) mass is 294 g/mol. The fourth-order valence-electron chi connectivity index (χ4n) is 1.78. The number of urea groups is 1. The highest BCUT2D eigenvalue weighted by atomic mass is 16.5. The number of H-pyrrole nitrogens is 1. The first-order valence-electron chi connectivity index (χ1n) is 6.68. The van der Waals surface area contributed by atoms with Crippen LogP contribution in [0, 0.1) is 6.92 Å². The number of amides is 2. The number of nitrogens with one attached hydrogen (secondary N) is 3. The lowest BCUT2D eigenvalue weighted by molar-refractivity contribution is 0.145. The average Bonchev–Trinajstić information content (AvgIpc) is 2.91. The Labute approximate surface area is 120 Å². The molecule has 0 saturated heterocycles. The van der Waals surface area contributed by atoms with Crippen LogP contribution in [0.15, 0.2) is 11.1 Å². The highest BCUT2D eigenvalue weighted by Crippen LogP contribution is 2.06. The molecule has 0 atom stereocenters. The molecule has 9 nitrogen and oxygen atoms in total. The van der Waals surface area contributed by atoms with Crippen molar-refractivity contribution in [2.75, 3.05) is 25.1 Å². The van der Waals surface area contributed by atoms with Crippen LogP contribution in [0.2, 0.25) is 0 Å². The van der Waals surface area contributed by atoms with E-state index in [2.05, 4.69) is 25.7 Å². The summed E-state index contributed by atoms with van der Waals surface area (Å²) in [7, 11) is 0. The second-order valence-corrected chi connectivity index (χ2v) is 4.33. The quantitative estimate of drug-likeness (QED) is 0.662. The average molecular weight is 294 g/mol. The topological polar surface area (TPSA) is 113 Å². The highest BCUT2D eigenvalue weighted by Gasteiger charge is 2.13. The van der Waals surface area contributed by atoms with Crippen molar-refractivity contribution in [2.45, 2.75) is 20.3 Å². The van der Waals surface area contributed by atoms with Gasteiger partial charge in [-0.15, -0.1) is 0 Å². The van der Waals surface area contributed by atoms with Crippen LogP contribution >= 0.6 is 0 Å². The maximum absolute atomic E-state index is 12.2. The molecule has 2 amide bonds. The van der Waals surface area contributed by atoms with Crippen LogP contribution in [-0.4, -0.2) is 45.4 Å². The molecule has 9 heteroatoms. The molecule has 3 N–H and O–H groups in total. The summed E-state index contributed by atoms with van der Waals surface area (Å²) in [5, 5.41) is 7.81. The molecule has 0 aliphatic rings. The van der Waals surface area contributed by atoms with Gasteiger partial charge >= 0.3 is 6.03 Å². The molecular weight excluding hydrogens is 276 g/mol. The van der Waals surface area contributed by atoms with Crippen LogP contribution in [0.4, 0.5) is 10.5 Å². The fourth-order valence-corrected chi connectivity index (χ4v) is 1.78. The Morgan fingerprint density at radius 2 is 2.33 bits per heavy atom. The van der Waals surface area contributed by atoms with Crippen molar-refractivity contribution >= 4 is 17.5 Å². The number of hydrogen-bond donors (Lipinski definition) is 3. The minimum Gasteiger partial charge on any atom is -0.382 e. The van der Waals surface area contributed by atoms with E-state index in [9.17, 15) is 9.59 Å². The SMILES string of the molecule is CCOCCCNC(=O)Nc1c(C)nc2nc[nH]n2c1=O. The third kappa shape index (κ3) is 3.57. The molecule has 0 aromatic carbocycles. The number of hydrogen-bond acceptors (Lipinski definition) is 5. The summed E-state index contributed by atoms with van der Waals surface area (Å²) in [5.41, 5.74) is 0.134. The van der Waals surface area contributed by atoms with Crippen molar-refractivity contribution in [3.05, 3.63) is 22.4 Å². The molecule has 0 aliphatic heterocycles. The van der Waals surface area contributed by atoms with Crippen LogP contribution in [0.25, 0.3) is 5.78 Å². The second kappa shape index (κ2) is 6.84. The smallest absolute Gasteiger partial charge is 0.319 e. The first-order valence-corrected chi connectivity index (χ1v) is 6.68. The van der Waals surface area contributed by atoms with Gasteiger partial charge in [-0.05, 0) is 20.3 Å². The van der Waals surface area contributed by atoms with Gasteiger partial charge in [-0.2, -0.15) is 4.52 Å². The van der Waals surface area contributed by atoms with Crippen molar-refractivity contribution < 1.29 is 9.53 Å². The molecule has 21 heavy (non-hydrogen) atoms. The lowest BCUT2D eigenvalue weighted by Crippen LogP contribution is -2.33. The van der Waals surface area contributed by atoms with Gasteiger partial charge in [-0.25, -0.2) is 14.8 Å². The zero-order valence-corrected chi connectivity index (χ0v) is 12.0. The lowest BCUT2D eigenvalue weighted by atomic mass is 10.3. The maximum atomic E-state index is 12.2. The third-order valence-corrected chi connectivity index (χ3v) is 2.81. The van der Waals surface area contributed by atoms with E-state index in [0.717, 1.165) is 4.52 Å². The lowest BCUT2D eigenvalue weighted by Gasteiger charge is -2.08. The van der Waals surface area contributed by atoms with Gasteiger partial charge in [-0.1, -0.05) is 0 Å². The number of carbonyl (C=O) groups excluding carboxylic acids is 1. The number of nitrogens with zero attached hydrogens (tertiary/aromatic N) is 3. The van der Waals surface area contributed by atoms with Gasteiger partial charge in [0.15, 0.2) is 0 Å². The van der Waals surface area contributed by atoms with Crippen molar-refractivity contribution in [1.29, 1.82) is 0 Å². The van der Waals surface area contributed by atoms with E-state index in [1.165, 1.54) is 6.33 Å². The number of fused-ring (bicyclic) bond motifs is 1. The molecule has 2 aromatic rings. The number of anilines is 1. The predicted molar refractivity (Wildman–Crippen MR) is 76.5 cm³/mol. The molecule has 114 valence electrons. The summed E-state index contributed by atoms with van der Waals surface area (Å²) >= 11 is 0. The molecule has 0 fully saturated rings. The summed E-state index contributed by atoms with van der Waals surface area (Å²) in [6.07, 6.45) is 2.07. The van der Waals surface area contributed by atoms with E-state index in [4.69, 9.17) is 4.74 Å². The number of aryl methyl sites for hydroxylation is 1. The molecule has 2 aromatic heterocycles. The summed E-state index contributed by atoms with van der Waals surface area (Å²) in [4.78, 5) is 31.9. The number of rotatable bonds is 6. The molecule has 0 aliphatic carbocycles. The van der Waals surface area contributed by atoms with Gasteiger partial charge in [-0.3, -0.25) is 9.89 Å².